The van der Waals surface area contributed by atoms with Crippen molar-refractivity contribution in [3.8, 4) is 0 Å². The third-order valence-corrected chi connectivity index (χ3v) is 6.33. The highest BCUT2D eigenvalue weighted by Crippen LogP contribution is 2.25. The van der Waals surface area contributed by atoms with Gasteiger partial charge in [0.2, 0.25) is 5.95 Å². The van der Waals surface area contributed by atoms with Crippen molar-refractivity contribution < 1.29 is 0 Å². The molecule has 0 N–H and O–H groups in total. The molecule has 0 saturated carbocycles. The van der Waals surface area contributed by atoms with Crippen LogP contribution in [-0.4, -0.2) is 68.7 Å². The van der Waals surface area contributed by atoms with Gasteiger partial charge in [-0.25, -0.2) is 9.40 Å². The average molecular weight is 391 g/mol. The molecule has 7 nitrogen and oxygen atoms in total. The maximum Gasteiger partial charge on any atom is 0.264 e. The number of aromatic nitrogens is 3. The third kappa shape index (κ3) is 3.56. The first kappa shape index (κ1) is 18.7. The van der Waals surface area contributed by atoms with Crippen molar-refractivity contribution in [1.29, 1.82) is 0 Å². The van der Waals surface area contributed by atoms with Crippen molar-refractivity contribution in [2.45, 2.75) is 38.3 Å². The van der Waals surface area contributed by atoms with Gasteiger partial charge in [-0.2, -0.15) is 4.98 Å². The lowest BCUT2D eigenvalue weighted by atomic mass is 9.99. The number of pyridine rings is 1. The van der Waals surface area contributed by atoms with Crippen LogP contribution in [0.1, 0.15) is 26.2 Å². The molecule has 0 unspecified atom stereocenters. The van der Waals surface area contributed by atoms with Gasteiger partial charge in [0.25, 0.3) is 5.56 Å². The Labute approximate surface area is 164 Å². The minimum atomic E-state index is -0.0342. The summed E-state index contributed by atoms with van der Waals surface area (Å²) in [6, 6.07) is 4.63. The van der Waals surface area contributed by atoms with Gasteiger partial charge in [-0.3, -0.25) is 14.3 Å². The monoisotopic (exact) mass is 390 g/mol. The summed E-state index contributed by atoms with van der Waals surface area (Å²) in [6.45, 7) is 6.89. The molecule has 2 saturated heterocycles. The lowest BCUT2D eigenvalue weighted by Gasteiger charge is -2.47. The fourth-order valence-electron chi connectivity index (χ4n) is 4.44. The van der Waals surface area contributed by atoms with Crippen LogP contribution in [0.15, 0.2) is 23.1 Å². The van der Waals surface area contributed by atoms with E-state index in [9.17, 15) is 4.79 Å². The Bertz CT molecular complexity index is 863. The summed E-state index contributed by atoms with van der Waals surface area (Å²) in [5, 5.41) is 0.572. The van der Waals surface area contributed by atoms with E-state index in [1.165, 1.54) is 0 Å². The van der Waals surface area contributed by atoms with E-state index in [1.54, 1.807) is 29.9 Å². The zero-order chi connectivity index (χ0) is 19.0. The molecule has 146 valence electrons. The maximum absolute atomic E-state index is 12.7. The van der Waals surface area contributed by atoms with Gasteiger partial charge in [-0.05, 0) is 43.2 Å². The average Bonchev–Trinajstić information content (AvgIpc) is 2.71. The maximum atomic E-state index is 12.7. The third-order valence-electron chi connectivity index (χ3n) is 5.99. The van der Waals surface area contributed by atoms with Gasteiger partial charge in [0.15, 0.2) is 5.65 Å². The lowest BCUT2D eigenvalue weighted by molar-refractivity contribution is 0.0806. The first-order chi connectivity index (χ1) is 13.1. The number of halogens is 1. The number of fused-ring (bicyclic) bond motifs is 1. The fraction of sp³-hybridized carbons (Fsp3) is 0.632. The van der Waals surface area contributed by atoms with Gasteiger partial charge >= 0.3 is 0 Å². The second kappa shape index (κ2) is 7.73. The molecule has 0 spiro atoms. The van der Waals surface area contributed by atoms with Crippen molar-refractivity contribution >= 4 is 28.8 Å². The van der Waals surface area contributed by atoms with Crippen LogP contribution in [0, 0.1) is 0 Å². The quantitative estimate of drug-likeness (QED) is 0.745. The van der Waals surface area contributed by atoms with E-state index < -0.39 is 0 Å². The van der Waals surface area contributed by atoms with Crippen LogP contribution in [0.25, 0.3) is 11.0 Å². The van der Waals surface area contributed by atoms with Gasteiger partial charge in [0, 0.05) is 58.1 Å². The summed E-state index contributed by atoms with van der Waals surface area (Å²) in [5.41, 5.74) is 0.494. The number of hydrogen-bond acceptors (Lipinski definition) is 6. The standard InChI is InChI=1S/C19H27ClN6O/c1-3-14-13-24(11-12-26(14)15-6-9-25(20)10-7-15)19-22-17-16(5-4-8-21-17)18(27)23(19)2/h4-5,8,14-15H,3,6-7,9-13H2,1-2H3/t14-/m0/s1. The smallest absolute Gasteiger partial charge is 0.264 e. The predicted octanol–water partition coefficient (Wildman–Crippen LogP) is 1.85. The highest BCUT2D eigenvalue weighted by molar-refractivity contribution is 6.13. The molecule has 1 atom stereocenters. The van der Waals surface area contributed by atoms with E-state index in [2.05, 4.69) is 21.7 Å². The van der Waals surface area contributed by atoms with Gasteiger partial charge in [-0.15, -0.1) is 0 Å². The normalized spacial score (nSPS) is 23.2. The first-order valence-electron chi connectivity index (χ1n) is 9.81. The number of anilines is 1. The van der Waals surface area contributed by atoms with Gasteiger partial charge < -0.3 is 4.90 Å². The summed E-state index contributed by atoms with van der Waals surface area (Å²) in [5.74, 6) is 0.722. The molecule has 0 bridgehead atoms. The second-order valence-corrected chi connectivity index (χ2v) is 8.02. The number of piperidine rings is 1. The lowest BCUT2D eigenvalue weighted by Crippen LogP contribution is -2.58. The van der Waals surface area contributed by atoms with Crippen molar-refractivity contribution in [3.05, 3.63) is 28.7 Å². The Morgan fingerprint density at radius 1 is 1.22 bits per heavy atom. The first-order valence-corrected chi connectivity index (χ1v) is 10.2. The van der Waals surface area contributed by atoms with Crippen molar-refractivity contribution in [2.75, 3.05) is 37.6 Å². The van der Waals surface area contributed by atoms with Crippen LogP contribution in [0.5, 0.6) is 0 Å². The highest BCUT2D eigenvalue weighted by Gasteiger charge is 2.34. The Hall–Kier alpha value is -1.70. The zero-order valence-electron chi connectivity index (χ0n) is 16.0. The predicted molar refractivity (Wildman–Crippen MR) is 108 cm³/mol. The Morgan fingerprint density at radius 3 is 2.74 bits per heavy atom. The van der Waals surface area contributed by atoms with Crippen LogP contribution in [0.2, 0.25) is 0 Å². The molecule has 2 aliphatic rings. The molecule has 2 aromatic rings. The zero-order valence-corrected chi connectivity index (χ0v) is 16.8. The van der Waals surface area contributed by atoms with E-state index in [0.717, 1.165) is 57.9 Å². The molecule has 0 aromatic carbocycles. The van der Waals surface area contributed by atoms with Crippen molar-refractivity contribution in [2.24, 2.45) is 7.05 Å². The van der Waals surface area contributed by atoms with E-state index in [-0.39, 0.29) is 5.56 Å². The fourth-order valence-corrected chi connectivity index (χ4v) is 4.63. The minimum absolute atomic E-state index is 0.0342. The molecule has 2 aliphatic heterocycles. The van der Waals surface area contributed by atoms with Gasteiger partial charge in [-0.1, -0.05) is 6.92 Å². The molecule has 2 fully saturated rings. The van der Waals surface area contributed by atoms with E-state index in [0.29, 0.717) is 23.1 Å². The number of rotatable bonds is 3. The minimum Gasteiger partial charge on any atom is -0.339 e. The van der Waals surface area contributed by atoms with Crippen molar-refractivity contribution in [1.82, 2.24) is 23.9 Å². The Morgan fingerprint density at radius 2 is 2.00 bits per heavy atom. The molecule has 4 rings (SSSR count). The number of piperazine rings is 1. The topological polar surface area (TPSA) is 57.5 Å². The molecule has 4 heterocycles. The second-order valence-electron chi connectivity index (χ2n) is 7.54. The summed E-state index contributed by atoms with van der Waals surface area (Å²) in [6.07, 6.45) is 5.01. The molecule has 2 aromatic heterocycles. The SMILES string of the molecule is CC[C@H]1CN(c2nc3ncccc3c(=O)n2C)CCN1C1CCN(Cl)CC1. The van der Waals surface area contributed by atoms with Gasteiger partial charge in [0.1, 0.15) is 0 Å². The summed E-state index contributed by atoms with van der Waals surface area (Å²) in [7, 11) is 1.81. The number of nitrogens with zero attached hydrogens (tertiary/aromatic N) is 6. The van der Waals surface area contributed by atoms with Crippen LogP contribution in [0.4, 0.5) is 5.95 Å². The number of hydrogen-bond donors (Lipinski definition) is 0. The Kier molecular flexibility index (Phi) is 5.34. The van der Waals surface area contributed by atoms with Crippen LogP contribution in [-0.2, 0) is 7.05 Å². The Balaban J connectivity index is 1.57. The van der Waals surface area contributed by atoms with E-state index >= 15 is 0 Å². The van der Waals surface area contributed by atoms with Crippen LogP contribution in [0.3, 0.4) is 0 Å². The summed E-state index contributed by atoms with van der Waals surface area (Å²) in [4.78, 5) is 26.6. The van der Waals surface area contributed by atoms with E-state index in [4.69, 9.17) is 16.8 Å². The van der Waals surface area contributed by atoms with E-state index in [1.807, 2.05) is 4.42 Å². The largest absolute Gasteiger partial charge is 0.339 e. The molecule has 0 radical (unpaired) electrons. The summed E-state index contributed by atoms with van der Waals surface area (Å²) < 4.78 is 3.56. The van der Waals surface area contributed by atoms with Crippen molar-refractivity contribution in [3.63, 3.8) is 0 Å². The summed E-state index contributed by atoms with van der Waals surface area (Å²) >= 11 is 6.13. The van der Waals surface area contributed by atoms with Crippen LogP contribution < -0.4 is 10.5 Å². The molecule has 0 aliphatic carbocycles. The molecular formula is C19H27ClN6O. The molecule has 0 amide bonds. The highest BCUT2D eigenvalue weighted by atomic mass is 35.5. The molecule has 27 heavy (non-hydrogen) atoms. The molecular weight excluding hydrogens is 364 g/mol. The molecule has 8 heteroatoms. The van der Waals surface area contributed by atoms with Gasteiger partial charge in [0.05, 0.1) is 5.39 Å². The van der Waals surface area contributed by atoms with Crippen LogP contribution >= 0.6 is 11.8 Å².